The highest BCUT2D eigenvalue weighted by Gasteiger charge is 2.40. The Labute approximate surface area is 109 Å². The van der Waals surface area contributed by atoms with Gasteiger partial charge in [-0.2, -0.15) is 0 Å². The van der Waals surface area contributed by atoms with E-state index in [0.29, 0.717) is 12.2 Å². The molecule has 0 spiro atoms. The molecule has 2 rings (SSSR count). The molecule has 18 heavy (non-hydrogen) atoms. The van der Waals surface area contributed by atoms with Gasteiger partial charge in [-0.05, 0) is 38.4 Å². The Morgan fingerprint density at radius 3 is 2.44 bits per heavy atom. The lowest BCUT2D eigenvalue weighted by molar-refractivity contribution is -0.124. The maximum Gasteiger partial charge on any atom is 0.147 e. The molecule has 0 atom stereocenters. The van der Waals surface area contributed by atoms with Gasteiger partial charge in [-0.15, -0.1) is 0 Å². The van der Waals surface area contributed by atoms with Crippen LogP contribution in [0.25, 0.3) is 0 Å². The van der Waals surface area contributed by atoms with Gasteiger partial charge in [-0.3, -0.25) is 4.79 Å². The van der Waals surface area contributed by atoms with Crippen LogP contribution < -0.4 is 5.32 Å². The van der Waals surface area contributed by atoms with Crippen molar-refractivity contribution in [3.05, 3.63) is 48.0 Å². The quantitative estimate of drug-likeness (QED) is 0.824. The number of carbonyl (C=O) groups is 1. The number of benzene rings is 1. The number of ketones is 1. The summed E-state index contributed by atoms with van der Waals surface area (Å²) in [4.78, 5) is 12.6. The molecule has 2 heteroatoms. The fourth-order valence-electron chi connectivity index (χ4n) is 2.78. The first-order valence-electron chi connectivity index (χ1n) is 6.59. The Morgan fingerprint density at radius 1 is 1.28 bits per heavy atom. The lowest BCUT2D eigenvalue weighted by atomic mass is 9.69. The summed E-state index contributed by atoms with van der Waals surface area (Å²) in [6, 6.07) is 10.2. The molecule has 96 valence electrons. The third-order valence-corrected chi connectivity index (χ3v) is 3.78. The van der Waals surface area contributed by atoms with Crippen LogP contribution in [0.5, 0.6) is 0 Å². The highest BCUT2D eigenvalue weighted by atomic mass is 16.1. The van der Waals surface area contributed by atoms with Crippen LogP contribution in [0, 0.1) is 0 Å². The lowest BCUT2D eigenvalue weighted by Crippen LogP contribution is -2.45. The smallest absolute Gasteiger partial charge is 0.147 e. The van der Waals surface area contributed by atoms with Crippen molar-refractivity contribution in [2.45, 2.75) is 31.6 Å². The highest BCUT2D eigenvalue weighted by Crippen LogP contribution is 2.36. The third kappa shape index (κ3) is 2.54. The molecule has 1 aromatic carbocycles. The minimum atomic E-state index is -0.300. The highest BCUT2D eigenvalue weighted by molar-refractivity contribution is 5.91. The Morgan fingerprint density at radius 2 is 1.89 bits per heavy atom. The average Bonchev–Trinajstić information content (AvgIpc) is 2.40. The van der Waals surface area contributed by atoms with Gasteiger partial charge in [0.15, 0.2) is 0 Å². The van der Waals surface area contributed by atoms with Crippen molar-refractivity contribution >= 4 is 5.78 Å². The standard InChI is InChI=1S/C16H21NO/c1-13(2)12-15(18)16(8-10-17-11-9-16)14-6-4-3-5-7-14/h3-7,17H,1,8-12H2,2H3. The van der Waals surface area contributed by atoms with Crippen LogP contribution in [0.4, 0.5) is 0 Å². The molecule has 0 bridgehead atoms. The summed E-state index contributed by atoms with van der Waals surface area (Å²) in [5, 5.41) is 3.34. The van der Waals surface area contributed by atoms with Crippen molar-refractivity contribution in [1.29, 1.82) is 0 Å². The fraction of sp³-hybridized carbons (Fsp3) is 0.438. The van der Waals surface area contributed by atoms with Crippen LogP contribution >= 0.6 is 0 Å². The number of nitrogens with one attached hydrogen (secondary N) is 1. The number of hydrogen-bond acceptors (Lipinski definition) is 2. The molecule has 0 radical (unpaired) electrons. The average molecular weight is 243 g/mol. The molecular weight excluding hydrogens is 222 g/mol. The maximum atomic E-state index is 12.6. The van der Waals surface area contributed by atoms with Gasteiger partial charge in [0, 0.05) is 6.42 Å². The molecule has 0 aliphatic carbocycles. The Balaban J connectivity index is 2.34. The second-order valence-electron chi connectivity index (χ2n) is 5.26. The number of hydrogen-bond donors (Lipinski definition) is 1. The number of Topliss-reactive ketones (excluding diaryl/α,β-unsaturated/α-hetero) is 1. The predicted octanol–water partition coefficient (Wildman–Crippen LogP) is 2.84. The first-order valence-corrected chi connectivity index (χ1v) is 6.59. The van der Waals surface area contributed by atoms with Gasteiger partial charge < -0.3 is 5.32 Å². The first kappa shape index (κ1) is 13.0. The van der Waals surface area contributed by atoms with Gasteiger partial charge in [0.25, 0.3) is 0 Å². The van der Waals surface area contributed by atoms with E-state index in [9.17, 15) is 4.79 Å². The summed E-state index contributed by atoms with van der Waals surface area (Å²) in [5.74, 6) is 0.322. The lowest BCUT2D eigenvalue weighted by Gasteiger charge is -2.37. The zero-order valence-corrected chi connectivity index (χ0v) is 11.0. The molecule has 0 amide bonds. The van der Waals surface area contributed by atoms with Crippen molar-refractivity contribution in [2.75, 3.05) is 13.1 Å². The number of carbonyl (C=O) groups excluding carboxylic acids is 1. The zero-order valence-electron chi connectivity index (χ0n) is 11.0. The molecule has 1 saturated heterocycles. The van der Waals surface area contributed by atoms with Gasteiger partial charge in [0.2, 0.25) is 0 Å². The molecule has 1 aliphatic rings. The van der Waals surface area contributed by atoms with Crippen LogP contribution in [0.2, 0.25) is 0 Å². The minimum Gasteiger partial charge on any atom is -0.317 e. The van der Waals surface area contributed by atoms with E-state index < -0.39 is 0 Å². The molecule has 0 saturated carbocycles. The van der Waals surface area contributed by atoms with Crippen molar-refractivity contribution in [1.82, 2.24) is 5.32 Å². The van der Waals surface area contributed by atoms with Crippen LogP contribution in [0.3, 0.4) is 0 Å². The van der Waals surface area contributed by atoms with Crippen LogP contribution in [-0.2, 0) is 10.2 Å². The van der Waals surface area contributed by atoms with E-state index >= 15 is 0 Å². The van der Waals surface area contributed by atoms with Gasteiger partial charge in [-0.1, -0.05) is 42.5 Å². The van der Waals surface area contributed by atoms with E-state index in [4.69, 9.17) is 0 Å². The van der Waals surface area contributed by atoms with E-state index in [1.807, 2.05) is 25.1 Å². The molecule has 0 unspecified atom stereocenters. The SMILES string of the molecule is C=C(C)CC(=O)C1(c2ccccc2)CCNCC1. The predicted molar refractivity (Wildman–Crippen MR) is 74.7 cm³/mol. The second-order valence-corrected chi connectivity index (χ2v) is 5.26. The van der Waals surface area contributed by atoms with Crippen molar-refractivity contribution in [2.24, 2.45) is 0 Å². The van der Waals surface area contributed by atoms with Crippen molar-refractivity contribution < 1.29 is 4.79 Å². The summed E-state index contributed by atoms with van der Waals surface area (Å²) in [6.45, 7) is 7.63. The molecule has 1 aromatic rings. The summed E-state index contributed by atoms with van der Waals surface area (Å²) in [5.41, 5.74) is 1.82. The van der Waals surface area contributed by atoms with Gasteiger partial charge in [-0.25, -0.2) is 0 Å². The zero-order chi connectivity index (χ0) is 13.0. The molecule has 1 fully saturated rings. The third-order valence-electron chi connectivity index (χ3n) is 3.78. The Kier molecular flexibility index (Phi) is 3.97. The first-order chi connectivity index (χ1) is 8.65. The fourth-order valence-corrected chi connectivity index (χ4v) is 2.78. The topological polar surface area (TPSA) is 29.1 Å². The van der Waals surface area contributed by atoms with E-state index in [0.717, 1.165) is 37.1 Å². The molecule has 2 nitrogen and oxygen atoms in total. The number of piperidine rings is 1. The number of rotatable bonds is 4. The van der Waals surface area contributed by atoms with Gasteiger partial charge >= 0.3 is 0 Å². The molecule has 1 N–H and O–H groups in total. The van der Waals surface area contributed by atoms with E-state index in [1.165, 1.54) is 0 Å². The Hall–Kier alpha value is -1.41. The van der Waals surface area contributed by atoms with E-state index in [2.05, 4.69) is 24.0 Å². The summed E-state index contributed by atoms with van der Waals surface area (Å²) >= 11 is 0. The van der Waals surface area contributed by atoms with Gasteiger partial charge in [0.05, 0.1) is 5.41 Å². The minimum absolute atomic E-state index is 0.300. The Bertz CT molecular complexity index is 430. The largest absolute Gasteiger partial charge is 0.317 e. The molecule has 0 aromatic heterocycles. The van der Waals surface area contributed by atoms with Crippen LogP contribution in [-0.4, -0.2) is 18.9 Å². The van der Waals surface area contributed by atoms with Crippen LogP contribution in [0.15, 0.2) is 42.5 Å². The normalized spacial score (nSPS) is 18.3. The molecule has 1 heterocycles. The summed E-state index contributed by atoms with van der Waals surface area (Å²) in [7, 11) is 0. The molecular formula is C16H21NO. The van der Waals surface area contributed by atoms with Crippen molar-refractivity contribution in [3.8, 4) is 0 Å². The van der Waals surface area contributed by atoms with E-state index in [1.54, 1.807) is 0 Å². The summed E-state index contributed by atoms with van der Waals surface area (Å²) < 4.78 is 0. The summed E-state index contributed by atoms with van der Waals surface area (Å²) in [6.07, 6.45) is 2.28. The molecule has 1 aliphatic heterocycles. The second kappa shape index (κ2) is 5.49. The van der Waals surface area contributed by atoms with Gasteiger partial charge in [0.1, 0.15) is 5.78 Å². The van der Waals surface area contributed by atoms with Crippen LogP contribution in [0.1, 0.15) is 31.7 Å². The van der Waals surface area contributed by atoms with Crippen molar-refractivity contribution in [3.63, 3.8) is 0 Å². The maximum absolute atomic E-state index is 12.6. The monoisotopic (exact) mass is 243 g/mol. The number of allylic oxidation sites excluding steroid dienone is 1. The van der Waals surface area contributed by atoms with E-state index in [-0.39, 0.29) is 5.41 Å².